The SMILES string of the molecule is COCCC(NC(=O)Nc1ccc(F)c(C)c1)C(=O)O. The lowest BCUT2D eigenvalue weighted by Gasteiger charge is -2.15. The Morgan fingerprint density at radius 2 is 2.15 bits per heavy atom. The van der Waals surface area contributed by atoms with Gasteiger partial charge >= 0.3 is 12.0 Å². The van der Waals surface area contributed by atoms with Crippen LogP contribution in [0, 0.1) is 12.7 Å². The molecule has 0 aliphatic heterocycles. The third-order valence-electron chi connectivity index (χ3n) is 2.63. The van der Waals surface area contributed by atoms with Gasteiger partial charge in [0, 0.05) is 25.8 Å². The summed E-state index contributed by atoms with van der Waals surface area (Å²) in [5.74, 6) is -1.52. The molecule has 20 heavy (non-hydrogen) atoms. The van der Waals surface area contributed by atoms with Crippen LogP contribution in [-0.2, 0) is 9.53 Å². The molecule has 1 rings (SSSR count). The molecule has 6 nitrogen and oxygen atoms in total. The zero-order valence-corrected chi connectivity index (χ0v) is 11.3. The summed E-state index contributed by atoms with van der Waals surface area (Å²) in [5.41, 5.74) is 0.772. The number of halogens is 1. The Bertz CT molecular complexity index is 493. The molecule has 0 saturated heterocycles. The first-order valence-electron chi connectivity index (χ1n) is 5.99. The number of carboxylic acids is 1. The lowest BCUT2D eigenvalue weighted by Crippen LogP contribution is -2.43. The van der Waals surface area contributed by atoms with Crippen molar-refractivity contribution in [2.75, 3.05) is 19.0 Å². The summed E-state index contributed by atoms with van der Waals surface area (Å²) in [6.07, 6.45) is 0.154. The molecule has 2 amide bonds. The highest BCUT2D eigenvalue weighted by atomic mass is 19.1. The van der Waals surface area contributed by atoms with E-state index in [1.807, 2.05) is 0 Å². The number of anilines is 1. The summed E-state index contributed by atoms with van der Waals surface area (Å²) in [5, 5.41) is 13.7. The Labute approximate surface area is 115 Å². The molecule has 1 atom stereocenters. The van der Waals surface area contributed by atoms with Gasteiger partial charge in [0.25, 0.3) is 0 Å². The van der Waals surface area contributed by atoms with E-state index in [1.165, 1.54) is 25.3 Å². The second-order valence-electron chi connectivity index (χ2n) is 4.23. The van der Waals surface area contributed by atoms with E-state index in [0.717, 1.165) is 0 Å². The molecule has 1 aromatic rings. The van der Waals surface area contributed by atoms with Crippen molar-refractivity contribution >= 4 is 17.7 Å². The van der Waals surface area contributed by atoms with Gasteiger partial charge in [0.05, 0.1) is 0 Å². The van der Waals surface area contributed by atoms with E-state index in [0.29, 0.717) is 11.3 Å². The third kappa shape index (κ3) is 4.85. The van der Waals surface area contributed by atoms with E-state index in [4.69, 9.17) is 9.84 Å². The number of aliphatic carboxylic acids is 1. The summed E-state index contributed by atoms with van der Waals surface area (Å²) < 4.78 is 17.8. The summed E-state index contributed by atoms with van der Waals surface area (Å²) in [6, 6.07) is 2.37. The maximum absolute atomic E-state index is 13.1. The Morgan fingerprint density at radius 3 is 2.70 bits per heavy atom. The van der Waals surface area contributed by atoms with Crippen LogP contribution in [0.4, 0.5) is 14.9 Å². The van der Waals surface area contributed by atoms with Crippen LogP contribution < -0.4 is 10.6 Å². The number of benzene rings is 1. The first kappa shape index (κ1) is 15.9. The van der Waals surface area contributed by atoms with Crippen LogP contribution in [-0.4, -0.2) is 36.9 Å². The summed E-state index contributed by atoms with van der Waals surface area (Å²) in [4.78, 5) is 22.6. The molecule has 0 bridgehead atoms. The molecular formula is C13H17FN2O4. The number of hydrogen-bond acceptors (Lipinski definition) is 3. The fraction of sp³-hybridized carbons (Fsp3) is 0.385. The van der Waals surface area contributed by atoms with Crippen LogP contribution in [0.25, 0.3) is 0 Å². The van der Waals surface area contributed by atoms with Gasteiger partial charge in [0.1, 0.15) is 11.9 Å². The number of urea groups is 1. The molecule has 1 aromatic carbocycles. The normalized spacial score (nSPS) is 11.8. The van der Waals surface area contributed by atoms with Crippen molar-refractivity contribution in [2.45, 2.75) is 19.4 Å². The van der Waals surface area contributed by atoms with Crippen LogP contribution in [0.15, 0.2) is 18.2 Å². The number of methoxy groups -OCH3 is 1. The van der Waals surface area contributed by atoms with Gasteiger partial charge in [-0.05, 0) is 30.7 Å². The average Bonchev–Trinajstić information content (AvgIpc) is 2.38. The molecule has 7 heteroatoms. The highest BCUT2D eigenvalue weighted by Crippen LogP contribution is 2.13. The van der Waals surface area contributed by atoms with E-state index in [9.17, 15) is 14.0 Å². The summed E-state index contributed by atoms with van der Waals surface area (Å²) in [6.45, 7) is 1.78. The van der Waals surface area contributed by atoms with E-state index >= 15 is 0 Å². The predicted molar refractivity (Wildman–Crippen MR) is 71.2 cm³/mol. The lowest BCUT2D eigenvalue weighted by molar-refractivity contribution is -0.139. The molecule has 1 unspecified atom stereocenters. The molecule has 0 aromatic heterocycles. The summed E-state index contributed by atoms with van der Waals surface area (Å²) in [7, 11) is 1.44. The van der Waals surface area contributed by atoms with Crippen LogP contribution in [0.5, 0.6) is 0 Å². The molecular weight excluding hydrogens is 267 g/mol. The standard InChI is InChI=1S/C13H17FN2O4/c1-8-7-9(3-4-10(8)14)15-13(19)16-11(12(17)18)5-6-20-2/h3-4,7,11H,5-6H2,1-2H3,(H,17,18)(H2,15,16,19). The highest BCUT2D eigenvalue weighted by molar-refractivity contribution is 5.92. The van der Waals surface area contributed by atoms with Crippen LogP contribution >= 0.6 is 0 Å². The number of rotatable bonds is 6. The first-order chi connectivity index (χ1) is 9.43. The Hall–Kier alpha value is -2.15. The van der Waals surface area contributed by atoms with Gasteiger partial charge in [0.2, 0.25) is 0 Å². The van der Waals surface area contributed by atoms with Crippen LogP contribution in [0.3, 0.4) is 0 Å². The molecule has 0 heterocycles. The monoisotopic (exact) mass is 284 g/mol. The molecule has 0 fully saturated rings. The number of ether oxygens (including phenoxy) is 1. The van der Waals surface area contributed by atoms with Crippen molar-refractivity contribution in [1.29, 1.82) is 0 Å². The van der Waals surface area contributed by atoms with Crippen LogP contribution in [0.1, 0.15) is 12.0 Å². The maximum Gasteiger partial charge on any atom is 0.326 e. The third-order valence-corrected chi connectivity index (χ3v) is 2.63. The van der Waals surface area contributed by atoms with Gasteiger partial charge in [-0.15, -0.1) is 0 Å². The molecule has 0 aliphatic rings. The average molecular weight is 284 g/mol. The second-order valence-corrected chi connectivity index (χ2v) is 4.23. The van der Waals surface area contributed by atoms with Gasteiger partial charge in [-0.25, -0.2) is 14.0 Å². The molecule has 0 spiro atoms. The minimum absolute atomic E-state index is 0.154. The second kappa shape index (κ2) is 7.44. The number of carboxylic acid groups (broad SMARTS) is 1. The van der Waals surface area contributed by atoms with Gasteiger partial charge in [-0.1, -0.05) is 0 Å². The van der Waals surface area contributed by atoms with Crippen molar-refractivity contribution in [3.63, 3.8) is 0 Å². The van der Waals surface area contributed by atoms with Gasteiger partial charge < -0.3 is 20.5 Å². The molecule has 3 N–H and O–H groups in total. The maximum atomic E-state index is 13.1. The number of nitrogens with one attached hydrogen (secondary N) is 2. The van der Waals surface area contributed by atoms with Crippen molar-refractivity contribution in [3.05, 3.63) is 29.6 Å². The largest absolute Gasteiger partial charge is 0.480 e. The highest BCUT2D eigenvalue weighted by Gasteiger charge is 2.19. The van der Waals surface area contributed by atoms with Gasteiger partial charge in [-0.3, -0.25) is 0 Å². The van der Waals surface area contributed by atoms with Crippen molar-refractivity contribution in [2.24, 2.45) is 0 Å². The Balaban J connectivity index is 2.60. The number of carbonyl (C=O) groups is 2. The fourth-order valence-electron chi connectivity index (χ4n) is 1.54. The Kier molecular flexibility index (Phi) is 5.92. The number of hydrogen-bond donors (Lipinski definition) is 3. The fourth-order valence-corrected chi connectivity index (χ4v) is 1.54. The molecule has 0 saturated carbocycles. The first-order valence-corrected chi connectivity index (χ1v) is 5.99. The Morgan fingerprint density at radius 1 is 1.45 bits per heavy atom. The van der Waals surface area contributed by atoms with E-state index < -0.39 is 18.0 Å². The topological polar surface area (TPSA) is 87.7 Å². The smallest absolute Gasteiger partial charge is 0.326 e. The predicted octanol–water partition coefficient (Wildman–Crippen LogP) is 1.75. The quantitative estimate of drug-likeness (QED) is 0.742. The number of amides is 2. The molecule has 0 radical (unpaired) electrons. The van der Waals surface area contributed by atoms with Crippen molar-refractivity contribution in [1.82, 2.24) is 5.32 Å². The van der Waals surface area contributed by atoms with Crippen LogP contribution in [0.2, 0.25) is 0 Å². The minimum Gasteiger partial charge on any atom is -0.480 e. The van der Waals surface area contributed by atoms with Gasteiger partial charge in [0.15, 0.2) is 0 Å². The number of aryl methyl sites for hydroxylation is 1. The summed E-state index contributed by atoms with van der Waals surface area (Å²) >= 11 is 0. The van der Waals surface area contributed by atoms with E-state index in [-0.39, 0.29) is 18.8 Å². The van der Waals surface area contributed by atoms with E-state index in [1.54, 1.807) is 6.92 Å². The van der Waals surface area contributed by atoms with Gasteiger partial charge in [-0.2, -0.15) is 0 Å². The van der Waals surface area contributed by atoms with Crippen molar-refractivity contribution < 1.29 is 23.8 Å². The van der Waals surface area contributed by atoms with Crippen molar-refractivity contribution in [3.8, 4) is 0 Å². The lowest BCUT2D eigenvalue weighted by atomic mass is 10.2. The van der Waals surface area contributed by atoms with E-state index in [2.05, 4.69) is 10.6 Å². The molecule has 0 aliphatic carbocycles. The zero-order valence-electron chi connectivity index (χ0n) is 11.3. The minimum atomic E-state index is -1.15. The number of carbonyl (C=O) groups excluding carboxylic acids is 1. The molecule has 110 valence electrons. The zero-order chi connectivity index (χ0) is 15.1.